The highest BCUT2D eigenvalue weighted by atomic mass is 16.5. The molecule has 0 atom stereocenters. The number of hydrogen-bond donors (Lipinski definition) is 2. The molecule has 0 aromatic heterocycles. The van der Waals surface area contributed by atoms with Crippen molar-refractivity contribution >= 4 is 0 Å². The Kier molecular flexibility index (Phi) is 6.08. The van der Waals surface area contributed by atoms with Gasteiger partial charge in [0.05, 0.1) is 19.8 Å². The quantitative estimate of drug-likeness (QED) is 0.687. The van der Waals surface area contributed by atoms with Gasteiger partial charge in [-0.25, -0.2) is 0 Å². The number of hydrogen-bond acceptors (Lipinski definition) is 3. The van der Waals surface area contributed by atoms with E-state index < -0.39 is 0 Å². The average Bonchev–Trinajstić information content (AvgIpc) is 2.26. The van der Waals surface area contributed by atoms with Gasteiger partial charge in [-0.15, -0.1) is 0 Å². The number of aliphatic hydroxyl groups excluding tert-OH is 1. The lowest BCUT2D eigenvalue weighted by Crippen LogP contribution is -2.21. The number of rotatable bonds is 7. The maximum Gasteiger partial charge on any atom is 0.0698 e. The minimum atomic E-state index is 0.0941. The van der Waals surface area contributed by atoms with Crippen LogP contribution in [0, 0.1) is 13.8 Å². The highest BCUT2D eigenvalue weighted by Gasteiger charge is 2.00. The topological polar surface area (TPSA) is 41.5 Å². The smallest absolute Gasteiger partial charge is 0.0698 e. The molecular weight excluding hydrogens is 202 g/mol. The van der Waals surface area contributed by atoms with Crippen LogP contribution < -0.4 is 5.32 Å². The fourth-order valence-corrected chi connectivity index (χ4v) is 1.65. The van der Waals surface area contributed by atoms with Gasteiger partial charge >= 0.3 is 0 Å². The molecule has 0 heterocycles. The van der Waals surface area contributed by atoms with E-state index in [4.69, 9.17) is 9.84 Å². The molecule has 0 amide bonds. The molecule has 1 aromatic carbocycles. The second-order valence-corrected chi connectivity index (χ2v) is 3.88. The Balaban J connectivity index is 2.26. The molecule has 0 saturated carbocycles. The van der Waals surface area contributed by atoms with Crippen LogP contribution >= 0.6 is 0 Å². The third-order valence-corrected chi connectivity index (χ3v) is 2.61. The lowest BCUT2D eigenvalue weighted by atomic mass is 10.0. The van der Waals surface area contributed by atoms with Crippen molar-refractivity contribution in [3.8, 4) is 0 Å². The summed E-state index contributed by atoms with van der Waals surface area (Å²) in [6.07, 6.45) is 0. The van der Waals surface area contributed by atoms with Crippen LogP contribution in [0.3, 0.4) is 0 Å². The zero-order valence-corrected chi connectivity index (χ0v) is 10.1. The molecule has 0 fully saturated rings. The van der Waals surface area contributed by atoms with Crippen molar-refractivity contribution in [1.82, 2.24) is 5.32 Å². The van der Waals surface area contributed by atoms with Gasteiger partial charge in [0.1, 0.15) is 0 Å². The molecule has 3 nitrogen and oxygen atoms in total. The Morgan fingerprint density at radius 1 is 1.19 bits per heavy atom. The first kappa shape index (κ1) is 13.2. The molecule has 0 radical (unpaired) electrons. The van der Waals surface area contributed by atoms with Crippen LogP contribution in [0.1, 0.15) is 16.7 Å². The second kappa shape index (κ2) is 7.39. The van der Waals surface area contributed by atoms with Crippen LogP contribution in [0.15, 0.2) is 18.2 Å². The van der Waals surface area contributed by atoms with Crippen LogP contribution in [0.5, 0.6) is 0 Å². The monoisotopic (exact) mass is 223 g/mol. The number of nitrogens with one attached hydrogen (secondary N) is 1. The molecular formula is C13H21NO2. The van der Waals surface area contributed by atoms with E-state index in [-0.39, 0.29) is 6.61 Å². The average molecular weight is 223 g/mol. The normalized spacial score (nSPS) is 10.7. The lowest BCUT2D eigenvalue weighted by molar-refractivity contribution is 0.0938. The number of aliphatic hydroxyl groups is 1. The summed E-state index contributed by atoms with van der Waals surface area (Å²) in [5, 5.41) is 11.9. The third kappa shape index (κ3) is 4.31. The Bertz CT molecular complexity index is 293. The molecule has 1 aromatic rings. The van der Waals surface area contributed by atoms with Gasteiger partial charge in [-0.3, -0.25) is 0 Å². The summed E-state index contributed by atoms with van der Waals surface area (Å²) < 4.78 is 5.17. The highest BCUT2D eigenvalue weighted by Crippen LogP contribution is 2.12. The fraction of sp³-hybridized carbons (Fsp3) is 0.538. The van der Waals surface area contributed by atoms with Crippen molar-refractivity contribution in [1.29, 1.82) is 0 Å². The summed E-state index contributed by atoms with van der Waals surface area (Å²) in [4.78, 5) is 0. The van der Waals surface area contributed by atoms with Crippen LogP contribution in [0.25, 0.3) is 0 Å². The first-order valence-electron chi connectivity index (χ1n) is 5.70. The summed E-state index contributed by atoms with van der Waals surface area (Å²) in [7, 11) is 0. The molecule has 16 heavy (non-hydrogen) atoms. The number of ether oxygens (including phenoxy) is 1. The van der Waals surface area contributed by atoms with E-state index in [1.54, 1.807) is 0 Å². The first-order chi connectivity index (χ1) is 7.75. The molecule has 0 unspecified atom stereocenters. The van der Waals surface area contributed by atoms with Crippen molar-refractivity contribution in [2.75, 3.05) is 26.4 Å². The molecule has 0 bridgehead atoms. The summed E-state index contributed by atoms with van der Waals surface area (Å²) >= 11 is 0. The van der Waals surface area contributed by atoms with E-state index in [0.717, 1.165) is 13.1 Å². The summed E-state index contributed by atoms with van der Waals surface area (Å²) in [5.41, 5.74) is 4.01. The minimum Gasteiger partial charge on any atom is -0.394 e. The van der Waals surface area contributed by atoms with E-state index in [2.05, 4.69) is 37.4 Å². The van der Waals surface area contributed by atoms with Crippen molar-refractivity contribution in [2.45, 2.75) is 20.4 Å². The zero-order valence-electron chi connectivity index (χ0n) is 10.1. The Morgan fingerprint density at radius 2 is 1.88 bits per heavy atom. The number of aryl methyl sites for hydroxylation is 2. The SMILES string of the molecule is Cc1cccc(C)c1CNCCOCCO. The summed E-state index contributed by atoms with van der Waals surface area (Å²) in [6.45, 7) is 7.11. The maximum absolute atomic E-state index is 8.53. The predicted molar refractivity (Wildman–Crippen MR) is 65.5 cm³/mol. The van der Waals surface area contributed by atoms with Gasteiger partial charge in [0.25, 0.3) is 0 Å². The molecule has 0 aliphatic rings. The van der Waals surface area contributed by atoms with Crippen molar-refractivity contribution in [2.24, 2.45) is 0 Å². The molecule has 2 N–H and O–H groups in total. The van der Waals surface area contributed by atoms with E-state index in [9.17, 15) is 0 Å². The third-order valence-electron chi connectivity index (χ3n) is 2.61. The summed E-state index contributed by atoms with van der Waals surface area (Å²) in [6, 6.07) is 6.34. The van der Waals surface area contributed by atoms with E-state index in [1.165, 1.54) is 16.7 Å². The Morgan fingerprint density at radius 3 is 2.50 bits per heavy atom. The molecule has 90 valence electrons. The maximum atomic E-state index is 8.53. The molecule has 0 saturated heterocycles. The number of benzene rings is 1. The molecule has 0 spiro atoms. The van der Waals surface area contributed by atoms with E-state index in [0.29, 0.717) is 13.2 Å². The fourth-order valence-electron chi connectivity index (χ4n) is 1.65. The van der Waals surface area contributed by atoms with E-state index in [1.807, 2.05) is 0 Å². The molecule has 0 aliphatic carbocycles. The van der Waals surface area contributed by atoms with Crippen LogP contribution in [-0.4, -0.2) is 31.5 Å². The Hall–Kier alpha value is -0.900. The van der Waals surface area contributed by atoms with Crippen LogP contribution in [-0.2, 0) is 11.3 Å². The minimum absolute atomic E-state index is 0.0941. The highest BCUT2D eigenvalue weighted by molar-refractivity contribution is 5.33. The standard InChI is InChI=1S/C13H21NO2/c1-11-4-3-5-12(2)13(11)10-14-6-8-16-9-7-15/h3-5,14-15H,6-10H2,1-2H3. The van der Waals surface area contributed by atoms with Gasteiger partial charge in [0.2, 0.25) is 0 Å². The van der Waals surface area contributed by atoms with Crippen LogP contribution in [0.2, 0.25) is 0 Å². The van der Waals surface area contributed by atoms with Gasteiger partial charge < -0.3 is 15.2 Å². The van der Waals surface area contributed by atoms with E-state index >= 15 is 0 Å². The van der Waals surface area contributed by atoms with Crippen LogP contribution in [0.4, 0.5) is 0 Å². The van der Waals surface area contributed by atoms with Crippen molar-refractivity contribution in [3.63, 3.8) is 0 Å². The molecule has 1 rings (SSSR count). The molecule has 3 heteroatoms. The van der Waals surface area contributed by atoms with Gasteiger partial charge in [-0.1, -0.05) is 18.2 Å². The zero-order chi connectivity index (χ0) is 11.8. The van der Waals surface area contributed by atoms with Gasteiger partial charge in [0, 0.05) is 13.1 Å². The molecule has 0 aliphatic heterocycles. The van der Waals surface area contributed by atoms with Gasteiger partial charge in [0.15, 0.2) is 0 Å². The first-order valence-corrected chi connectivity index (χ1v) is 5.70. The Labute approximate surface area is 97.4 Å². The predicted octanol–water partition coefficient (Wildman–Crippen LogP) is 1.40. The van der Waals surface area contributed by atoms with Gasteiger partial charge in [-0.05, 0) is 30.5 Å². The summed E-state index contributed by atoms with van der Waals surface area (Å²) in [5.74, 6) is 0. The second-order valence-electron chi connectivity index (χ2n) is 3.88. The van der Waals surface area contributed by atoms with Gasteiger partial charge in [-0.2, -0.15) is 0 Å². The van der Waals surface area contributed by atoms with Crippen molar-refractivity contribution < 1.29 is 9.84 Å². The largest absolute Gasteiger partial charge is 0.394 e. The van der Waals surface area contributed by atoms with Crippen molar-refractivity contribution in [3.05, 3.63) is 34.9 Å². The lowest BCUT2D eigenvalue weighted by Gasteiger charge is -2.10.